The van der Waals surface area contributed by atoms with Crippen molar-refractivity contribution in [3.63, 3.8) is 0 Å². The zero-order chi connectivity index (χ0) is 8.97. The minimum atomic E-state index is 0.0519. The molecule has 0 atom stereocenters. The maximum absolute atomic E-state index is 8.68. The van der Waals surface area contributed by atoms with Gasteiger partial charge in [0.1, 0.15) is 0 Å². The molecule has 0 spiro atoms. The number of aliphatic hydroxyl groups is 1. The van der Waals surface area contributed by atoms with Gasteiger partial charge in [-0.15, -0.1) is 0 Å². The summed E-state index contributed by atoms with van der Waals surface area (Å²) in [6, 6.07) is 7.11. The Hall–Kier alpha value is -1.04. The van der Waals surface area contributed by atoms with Crippen LogP contribution >= 0.6 is 11.6 Å². The second-order valence-electron chi connectivity index (χ2n) is 2.39. The fourth-order valence-electron chi connectivity index (χ4n) is 0.991. The summed E-state index contributed by atoms with van der Waals surface area (Å²) in [6.07, 6.45) is 0.500. The minimum Gasteiger partial charge on any atom is -0.396 e. The van der Waals surface area contributed by atoms with Crippen molar-refractivity contribution in [2.24, 2.45) is 0 Å². The van der Waals surface area contributed by atoms with E-state index < -0.39 is 0 Å². The fourth-order valence-corrected chi connectivity index (χ4v) is 1.16. The lowest BCUT2D eigenvalue weighted by molar-refractivity contribution is 0.299. The van der Waals surface area contributed by atoms with Crippen molar-refractivity contribution in [2.45, 2.75) is 6.42 Å². The van der Waals surface area contributed by atoms with E-state index in [-0.39, 0.29) is 6.61 Å². The van der Waals surface area contributed by atoms with E-state index in [9.17, 15) is 0 Å². The first kappa shape index (κ1) is 9.05. The van der Waals surface area contributed by atoms with E-state index in [2.05, 4.69) is 0 Å². The van der Waals surface area contributed by atoms with E-state index in [1.807, 2.05) is 6.07 Å². The van der Waals surface area contributed by atoms with Gasteiger partial charge in [-0.05, 0) is 24.1 Å². The molecule has 0 aliphatic heterocycles. The Bertz CT molecular complexity index is 317. The molecule has 0 saturated carbocycles. The monoisotopic (exact) mass is 181 g/mol. The van der Waals surface area contributed by atoms with Gasteiger partial charge in [-0.2, -0.15) is 5.26 Å². The number of benzene rings is 1. The lowest BCUT2D eigenvalue weighted by atomic mass is 10.1. The summed E-state index contributed by atoms with van der Waals surface area (Å²) >= 11 is 5.68. The molecule has 0 unspecified atom stereocenters. The SMILES string of the molecule is N#Cc1cc(Cl)ccc1CCO. The van der Waals surface area contributed by atoms with E-state index in [0.717, 1.165) is 5.56 Å². The molecule has 1 aromatic rings. The topological polar surface area (TPSA) is 44.0 Å². The maximum Gasteiger partial charge on any atom is 0.0995 e. The number of aliphatic hydroxyl groups excluding tert-OH is 1. The molecule has 1 N–H and O–H groups in total. The van der Waals surface area contributed by atoms with Crippen LogP contribution in [0.25, 0.3) is 0 Å². The molecule has 1 aromatic carbocycles. The highest BCUT2D eigenvalue weighted by atomic mass is 35.5. The van der Waals surface area contributed by atoms with Gasteiger partial charge < -0.3 is 5.11 Å². The van der Waals surface area contributed by atoms with Crippen molar-refractivity contribution < 1.29 is 5.11 Å². The number of rotatable bonds is 2. The van der Waals surface area contributed by atoms with Gasteiger partial charge in [-0.25, -0.2) is 0 Å². The summed E-state index contributed by atoms with van der Waals surface area (Å²) in [7, 11) is 0. The van der Waals surface area contributed by atoms with E-state index in [1.165, 1.54) is 0 Å². The number of hydrogen-bond acceptors (Lipinski definition) is 2. The minimum absolute atomic E-state index is 0.0519. The van der Waals surface area contributed by atoms with Crippen LogP contribution in [0.15, 0.2) is 18.2 Å². The molecule has 62 valence electrons. The third-order valence-electron chi connectivity index (χ3n) is 1.57. The molecule has 0 aromatic heterocycles. The number of nitriles is 1. The van der Waals surface area contributed by atoms with E-state index in [1.54, 1.807) is 18.2 Å². The summed E-state index contributed by atoms with van der Waals surface area (Å²) in [5.74, 6) is 0. The standard InChI is InChI=1S/C9H8ClNO/c10-9-2-1-7(3-4-12)8(5-9)6-11/h1-2,5,12H,3-4H2. The van der Waals surface area contributed by atoms with Crippen LogP contribution in [-0.4, -0.2) is 11.7 Å². The van der Waals surface area contributed by atoms with Gasteiger partial charge in [-0.1, -0.05) is 17.7 Å². The average molecular weight is 182 g/mol. The highest BCUT2D eigenvalue weighted by Crippen LogP contribution is 2.15. The Morgan fingerprint density at radius 2 is 2.25 bits per heavy atom. The highest BCUT2D eigenvalue weighted by Gasteiger charge is 2.01. The third kappa shape index (κ3) is 1.97. The average Bonchev–Trinajstić information content (AvgIpc) is 2.08. The van der Waals surface area contributed by atoms with Crippen molar-refractivity contribution in [3.05, 3.63) is 34.3 Å². The Balaban J connectivity index is 3.05. The molecule has 0 radical (unpaired) electrons. The quantitative estimate of drug-likeness (QED) is 0.756. The van der Waals surface area contributed by atoms with Crippen LogP contribution in [-0.2, 0) is 6.42 Å². The van der Waals surface area contributed by atoms with Gasteiger partial charge in [0.05, 0.1) is 11.6 Å². The summed E-state index contributed by atoms with van der Waals surface area (Å²) in [4.78, 5) is 0. The van der Waals surface area contributed by atoms with Crippen molar-refractivity contribution in [1.29, 1.82) is 5.26 Å². The predicted molar refractivity (Wildman–Crippen MR) is 47.0 cm³/mol. The molecule has 0 aliphatic carbocycles. The third-order valence-corrected chi connectivity index (χ3v) is 1.81. The Labute approximate surface area is 76.0 Å². The molecule has 0 aliphatic rings. The lowest BCUT2D eigenvalue weighted by Gasteiger charge is -2.00. The van der Waals surface area contributed by atoms with Crippen LogP contribution < -0.4 is 0 Å². The number of nitrogens with zero attached hydrogens (tertiary/aromatic N) is 1. The first-order valence-corrected chi connectivity index (χ1v) is 3.95. The first-order chi connectivity index (χ1) is 5.77. The van der Waals surface area contributed by atoms with Crippen molar-refractivity contribution >= 4 is 11.6 Å². The van der Waals surface area contributed by atoms with Crippen molar-refractivity contribution in [2.75, 3.05) is 6.61 Å². The van der Waals surface area contributed by atoms with Crippen molar-refractivity contribution in [3.8, 4) is 6.07 Å². The molecule has 0 fully saturated rings. The zero-order valence-electron chi connectivity index (χ0n) is 6.42. The van der Waals surface area contributed by atoms with E-state index >= 15 is 0 Å². The zero-order valence-corrected chi connectivity index (χ0v) is 7.17. The summed E-state index contributed by atoms with van der Waals surface area (Å²) in [6.45, 7) is 0.0519. The normalized spacial score (nSPS) is 9.42. The largest absolute Gasteiger partial charge is 0.396 e. The van der Waals surface area contributed by atoms with Crippen molar-refractivity contribution in [1.82, 2.24) is 0 Å². The number of hydrogen-bond donors (Lipinski definition) is 1. The van der Waals surface area contributed by atoms with Gasteiger partial charge in [0.25, 0.3) is 0 Å². The summed E-state index contributed by atoms with van der Waals surface area (Å²) in [5.41, 5.74) is 1.38. The van der Waals surface area contributed by atoms with Crippen LogP contribution in [0.2, 0.25) is 5.02 Å². The van der Waals surface area contributed by atoms with Gasteiger partial charge >= 0.3 is 0 Å². The predicted octanol–water partition coefficient (Wildman–Crippen LogP) is 1.75. The molecule has 2 nitrogen and oxygen atoms in total. The first-order valence-electron chi connectivity index (χ1n) is 3.57. The van der Waals surface area contributed by atoms with Crippen LogP contribution in [0, 0.1) is 11.3 Å². The summed E-state index contributed by atoms with van der Waals surface area (Å²) < 4.78 is 0. The van der Waals surface area contributed by atoms with Crippen LogP contribution in [0.5, 0.6) is 0 Å². The molecule has 12 heavy (non-hydrogen) atoms. The molecule has 0 heterocycles. The molecular weight excluding hydrogens is 174 g/mol. The fraction of sp³-hybridized carbons (Fsp3) is 0.222. The lowest BCUT2D eigenvalue weighted by Crippen LogP contribution is -1.93. The molecule has 3 heteroatoms. The van der Waals surface area contributed by atoms with E-state index in [4.69, 9.17) is 22.0 Å². The van der Waals surface area contributed by atoms with Gasteiger partial charge in [-0.3, -0.25) is 0 Å². The van der Waals surface area contributed by atoms with Crippen LogP contribution in [0.1, 0.15) is 11.1 Å². The Morgan fingerprint density at radius 1 is 1.50 bits per heavy atom. The maximum atomic E-state index is 8.68. The number of halogens is 1. The Kier molecular flexibility index (Phi) is 3.09. The Morgan fingerprint density at radius 3 is 2.83 bits per heavy atom. The molecule has 1 rings (SSSR count). The highest BCUT2D eigenvalue weighted by molar-refractivity contribution is 6.30. The molecular formula is C9H8ClNO. The summed E-state index contributed by atoms with van der Waals surface area (Å²) in [5, 5.41) is 17.9. The second kappa shape index (κ2) is 4.10. The second-order valence-corrected chi connectivity index (χ2v) is 2.82. The molecule has 0 saturated heterocycles. The van der Waals surface area contributed by atoms with E-state index in [0.29, 0.717) is 17.0 Å². The van der Waals surface area contributed by atoms with Gasteiger partial charge in [0.15, 0.2) is 0 Å². The molecule has 0 amide bonds. The van der Waals surface area contributed by atoms with Crippen LogP contribution in [0.4, 0.5) is 0 Å². The molecule has 0 bridgehead atoms. The van der Waals surface area contributed by atoms with Gasteiger partial charge in [0.2, 0.25) is 0 Å². The smallest absolute Gasteiger partial charge is 0.0995 e. The van der Waals surface area contributed by atoms with Gasteiger partial charge in [0, 0.05) is 11.6 Å². The van der Waals surface area contributed by atoms with Crippen LogP contribution in [0.3, 0.4) is 0 Å².